The van der Waals surface area contributed by atoms with Crippen LogP contribution < -0.4 is 49.5 Å². The second kappa shape index (κ2) is 24.3. The largest absolute Gasteiger partial charge is 0.481 e. The van der Waals surface area contributed by atoms with E-state index in [-0.39, 0.29) is 38.1 Å². The number of carboxylic acid groups (broad SMARTS) is 2. The molecule has 0 radical (unpaired) electrons. The van der Waals surface area contributed by atoms with Crippen molar-refractivity contribution in [3.8, 4) is 0 Å². The summed E-state index contributed by atoms with van der Waals surface area (Å²) in [6, 6.07) is -8.69. The van der Waals surface area contributed by atoms with Crippen LogP contribution in [0, 0.1) is 5.92 Å². The van der Waals surface area contributed by atoms with E-state index < -0.39 is 121 Å². The first kappa shape index (κ1) is 47.1. The van der Waals surface area contributed by atoms with Gasteiger partial charge in [0.1, 0.15) is 36.3 Å². The zero-order valence-electron chi connectivity index (χ0n) is 29.7. The Hall–Kier alpha value is -4.89. The number of nitrogens with one attached hydrogen (secondary N) is 5. The van der Waals surface area contributed by atoms with Gasteiger partial charge in [0, 0.05) is 19.3 Å². The van der Waals surface area contributed by atoms with Crippen LogP contribution in [0.3, 0.4) is 0 Å². The molecule has 0 heterocycles. The van der Waals surface area contributed by atoms with Crippen LogP contribution in [0.2, 0.25) is 0 Å². The Balaban J connectivity index is 6.31. The summed E-state index contributed by atoms with van der Waals surface area (Å²) in [6.45, 7) is 4.95. The summed E-state index contributed by atoms with van der Waals surface area (Å²) in [7, 11) is 0. The maximum Gasteiger partial charge on any atom is 0.326 e. The van der Waals surface area contributed by atoms with Gasteiger partial charge in [-0.1, -0.05) is 13.8 Å². The second-order valence-electron chi connectivity index (χ2n) is 12.8. The third kappa shape index (κ3) is 19.5. The monoisotopic (exact) mass is 745 g/mol. The van der Waals surface area contributed by atoms with Gasteiger partial charge in [0.2, 0.25) is 41.4 Å². The molecule has 0 rings (SSSR count). The van der Waals surface area contributed by atoms with Gasteiger partial charge in [0.15, 0.2) is 0 Å². The summed E-state index contributed by atoms with van der Waals surface area (Å²) in [5, 5.41) is 40.0. The first-order valence-corrected chi connectivity index (χ1v) is 16.9. The highest BCUT2D eigenvalue weighted by atomic mass is 16.4. The Morgan fingerprint density at radius 3 is 1.33 bits per heavy atom. The molecule has 0 fully saturated rings. The lowest BCUT2D eigenvalue weighted by Gasteiger charge is -2.27. The zero-order chi connectivity index (χ0) is 40.1. The van der Waals surface area contributed by atoms with Crippen molar-refractivity contribution in [3.05, 3.63) is 0 Å². The fraction of sp³-hybridized carbons (Fsp3) is 0.710. The minimum atomic E-state index is -1.60. The maximum absolute atomic E-state index is 13.6. The number of nitrogens with two attached hydrogens (primary N) is 4. The highest BCUT2D eigenvalue weighted by Gasteiger charge is 2.33. The van der Waals surface area contributed by atoms with E-state index in [1.54, 1.807) is 13.8 Å². The number of carbonyl (C=O) groups excluding carboxylic acids is 7. The van der Waals surface area contributed by atoms with E-state index in [1.165, 1.54) is 6.92 Å². The van der Waals surface area contributed by atoms with Crippen LogP contribution in [0.4, 0.5) is 0 Å². The van der Waals surface area contributed by atoms with Gasteiger partial charge in [0.05, 0.1) is 6.10 Å². The Kier molecular flexibility index (Phi) is 22.0. The summed E-state index contributed by atoms with van der Waals surface area (Å²) < 4.78 is 0. The van der Waals surface area contributed by atoms with E-state index >= 15 is 0 Å². The molecule has 296 valence electrons. The van der Waals surface area contributed by atoms with Crippen LogP contribution in [0.15, 0.2) is 0 Å². The average molecular weight is 746 g/mol. The molecule has 0 bridgehead atoms. The summed E-state index contributed by atoms with van der Waals surface area (Å²) in [5.41, 5.74) is 21.8. The lowest BCUT2D eigenvalue weighted by atomic mass is 10.0. The van der Waals surface area contributed by atoms with Crippen molar-refractivity contribution in [1.82, 2.24) is 26.6 Å². The third-order valence-electron chi connectivity index (χ3n) is 7.63. The Labute approximate surface area is 301 Å². The smallest absolute Gasteiger partial charge is 0.326 e. The highest BCUT2D eigenvalue weighted by Crippen LogP contribution is 2.10. The molecule has 0 spiro atoms. The second-order valence-corrected chi connectivity index (χ2v) is 12.8. The van der Waals surface area contributed by atoms with Crippen molar-refractivity contribution in [2.24, 2.45) is 28.9 Å². The van der Waals surface area contributed by atoms with Gasteiger partial charge >= 0.3 is 11.9 Å². The number of amides is 7. The lowest BCUT2D eigenvalue weighted by Crippen LogP contribution is -2.60. The fourth-order valence-corrected chi connectivity index (χ4v) is 4.68. The quantitative estimate of drug-likeness (QED) is 0.0355. The molecule has 0 aromatic rings. The summed E-state index contributed by atoms with van der Waals surface area (Å²) in [4.78, 5) is 112. The summed E-state index contributed by atoms with van der Waals surface area (Å²) >= 11 is 0. The number of hydrogen-bond acceptors (Lipinski definition) is 12. The molecule has 0 aliphatic heterocycles. The number of aliphatic hydroxyl groups is 1. The molecule has 7 atom stereocenters. The standard InChI is InChI=1S/C31H55N9O12/c1-15(2)14-21(29(49)39-20(31(51)52)9-12-24(44)45)40-28(48)19(8-11-23(34)43)37-27(47)18(7-10-22(33)42)36-26(46)17(6-4-5-13-32)38-30(50)25(35)16(3)41/h15-21,25,41H,4-14,32,35H2,1-3H3,(H2,33,42)(H2,34,43)(H,36,46)(H,37,47)(H,38,50)(H,39,49)(H,40,48)(H,44,45)(H,51,52)/t16-,17+,18+,19+,20+,21+,25+/m1/s1. The van der Waals surface area contributed by atoms with Crippen LogP contribution in [-0.4, -0.2) is 118 Å². The number of aliphatic carboxylic acids is 2. The molecule has 0 aromatic heterocycles. The summed E-state index contributed by atoms with van der Waals surface area (Å²) in [5.74, 6) is -9.43. The molecule has 0 aliphatic rings. The Morgan fingerprint density at radius 2 is 0.942 bits per heavy atom. The van der Waals surface area contributed by atoms with Crippen molar-refractivity contribution in [3.63, 3.8) is 0 Å². The van der Waals surface area contributed by atoms with E-state index in [4.69, 9.17) is 28.0 Å². The zero-order valence-corrected chi connectivity index (χ0v) is 29.7. The predicted molar refractivity (Wildman–Crippen MR) is 183 cm³/mol. The summed E-state index contributed by atoms with van der Waals surface area (Å²) in [6.07, 6.45) is -2.98. The highest BCUT2D eigenvalue weighted by molar-refractivity contribution is 5.96. The van der Waals surface area contributed by atoms with Crippen LogP contribution in [-0.2, 0) is 43.2 Å². The van der Waals surface area contributed by atoms with E-state index in [0.29, 0.717) is 12.8 Å². The number of carbonyl (C=O) groups is 9. The first-order valence-electron chi connectivity index (χ1n) is 16.9. The molecular formula is C31H55N9O12. The van der Waals surface area contributed by atoms with Crippen molar-refractivity contribution in [2.45, 2.75) is 127 Å². The number of carboxylic acids is 2. The van der Waals surface area contributed by atoms with Gasteiger partial charge in [-0.05, 0) is 64.3 Å². The maximum atomic E-state index is 13.6. The molecule has 0 aromatic carbocycles. The van der Waals surface area contributed by atoms with E-state index in [9.17, 15) is 53.4 Å². The minimum absolute atomic E-state index is 0.0212. The Bertz CT molecular complexity index is 1260. The van der Waals surface area contributed by atoms with Crippen molar-refractivity contribution >= 4 is 53.3 Å². The van der Waals surface area contributed by atoms with Gasteiger partial charge in [0.25, 0.3) is 0 Å². The molecule has 7 amide bonds. The Morgan fingerprint density at radius 1 is 0.558 bits per heavy atom. The third-order valence-corrected chi connectivity index (χ3v) is 7.63. The van der Waals surface area contributed by atoms with Gasteiger partial charge in [-0.25, -0.2) is 4.79 Å². The molecule has 0 saturated carbocycles. The lowest BCUT2D eigenvalue weighted by molar-refractivity contribution is -0.143. The number of unbranched alkanes of at least 4 members (excludes halogenated alkanes) is 1. The molecule has 21 heteroatoms. The van der Waals surface area contributed by atoms with Gasteiger partial charge in [-0.2, -0.15) is 0 Å². The normalized spacial score (nSPS) is 15.1. The predicted octanol–water partition coefficient (Wildman–Crippen LogP) is -4.23. The molecule has 16 N–H and O–H groups in total. The number of rotatable bonds is 27. The fourth-order valence-electron chi connectivity index (χ4n) is 4.68. The molecular weight excluding hydrogens is 690 g/mol. The SMILES string of the molecule is CC(C)C[C@H](NC(=O)[C@H](CCC(N)=O)NC(=O)[C@H](CCC(N)=O)NC(=O)[C@H](CCCCN)NC(=O)[C@@H](N)[C@@H](C)O)C(=O)N[C@@H](CCC(=O)O)C(=O)O. The van der Waals surface area contributed by atoms with Crippen molar-refractivity contribution < 1.29 is 58.5 Å². The molecule has 0 aliphatic carbocycles. The molecule has 21 nitrogen and oxygen atoms in total. The number of hydrogen-bond donors (Lipinski definition) is 12. The average Bonchev–Trinajstić information content (AvgIpc) is 3.04. The van der Waals surface area contributed by atoms with Gasteiger partial charge < -0.3 is 64.8 Å². The van der Waals surface area contributed by atoms with Crippen LogP contribution in [0.5, 0.6) is 0 Å². The molecule has 0 unspecified atom stereocenters. The van der Waals surface area contributed by atoms with Crippen LogP contribution in [0.25, 0.3) is 0 Å². The first-order chi connectivity index (χ1) is 24.2. The molecule has 0 saturated heterocycles. The van der Waals surface area contributed by atoms with Crippen molar-refractivity contribution in [2.75, 3.05) is 6.54 Å². The van der Waals surface area contributed by atoms with Crippen LogP contribution in [0.1, 0.15) is 85.0 Å². The number of primary amides is 2. The van der Waals surface area contributed by atoms with Crippen molar-refractivity contribution in [1.29, 1.82) is 0 Å². The van der Waals surface area contributed by atoms with Crippen LogP contribution >= 0.6 is 0 Å². The van der Waals surface area contributed by atoms with E-state index in [2.05, 4.69) is 26.6 Å². The number of aliphatic hydroxyl groups excluding tert-OH is 1. The van der Waals surface area contributed by atoms with E-state index in [0.717, 1.165) is 0 Å². The van der Waals surface area contributed by atoms with E-state index in [1.807, 2.05) is 0 Å². The molecule has 52 heavy (non-hydrogen) atoms. The minimum Gasteiger partial charge on any atom is -0.481 e. The van der Waals surface area contributed by atoms with Gasteiger partial charge in [-0.15, -0.1) is 0 Å². The van der Waals surface area contributed by atoms with Gasteiger partial charge in [-0.3, -0.25) is 38.4 Å². The topological polar surface area (TPSA) is 379 Å².